The Morgan fingerprint density at radius 3 is 2.43 bits per heavy atom. The zero-order chi connectivity index (χ0) is 19.5. The van der Waals surface area contributed by atoms with Crippen LogP contribution in [0, 0.1) is 0 Å². The molecular formula is C20H31IN4O3. The first-order valence-electron chi connectivity index (χ1n) is 9.13. The van der Waals surface area contributed by atoms with E-state index < -0.39 is 0 Å². The summed E-state index contributed by atoms with van der Waals surface area (Å²) in [5.74, 6) is 3.29. The fourth-order valence-electron chi connectivity index (χ4n) is 2.52. The Balaban J connectivity index is 0.00000392. The number of nitrogens with one attached hydrogen (secondary N) is 2. The van der Waals surface area contributed by atoms with Gasteiger partial charge in [-0.25, -0.2) is 0 Å². The van der Waals surface area contributed by atoms with Gasteiger partial charge < -0.3 is 24.5 Å². The molecule has 0 aliphatic heterocycles. The first-order valence-corrected chi connectivity index (χ1v) is 9.13. The smallest absolute Gasteiger partial charge is 0.191 e. The van der Waals surface area contributed by atoms with E-state index in [1.54, 1.807) is 13.4 Å². The summed E-state index contributed by atoms with van der Waals surface area (Å²) >= 11 is 0. The Morgan fingerprint density at radius 1 is 1.14 bits per heavy atom. The maximum absolute atomic E-state index is 5.73. The second kappa shape index (κ2) is 13.3. The van der Waals surface area contributed by atoms with Crippen LogP contribution in [0.15, 0.2) is 52.1 Å². The first kappa shape index (κ1) is 24.1. The van der Waals surface area contributed by atoms with Crippen molar-refractivity contribution in [2.45, 2.75) is 13.0 Å². The van der Waals surface area contributed by atoms with Crippen molar-refractivity contribution in [3.8, 4) is 11.5 Å². The van der Waals surface area contributed by atoms with Crippen LogP contribution in [0.3, 0.4) is 0 Å². The van der Waals surface area contributed by atoms with Crippen LogP contribution in [0.5, 0.6) is 11.5 Å². The molecule has 0 bridgehead atoms. The highest BCUT2D eigenvalue weighted by atomic mass is 127. The summed E-state index contributed by atoms with van der Waals surface area (Å²) in [7, 11) is 5.69. The summed E-state index contributed by atoms with van der Waals surface area (Å²) in [6.45, 7) is 4.60. The third-order valence-corrected chi connectivity index (χ3v) is 3.98. The monoisotopic (exact) mass is 502 g/mol. The molecule has 2 rings (SSSR count). The summed E-state index contributed by atoms with van der Waals surface area (Å²) in [5.41, 5.74) is 0. The SMILES string of the molecule is CCNC(=NCC(c1ccco1)N(C)C)NCCOc1ccc(OC)cc1.I. The fourth-order valence-corrected chi connectivity index (χ4v) is 2.52. The zero-order valence-electron chi connectivity index (χ0n) is 17.0. The Kier molecular flexibility index (Phi) is 11.4. The number of hydrogen-bond donors (Lipinski definition) is 2. The standard InChI is InChI=1S/C20H30N4O3.HI/c1-5-21-20(23-15-18(24(2)3)19-7-6-13-27-19)22-12-14-26-17-10-8-16(25-4)9-11-17;/h6-11,13,18H,5,12,14-15H2,1-4H3,(H2,21,22,23);1H. The maximum Gasteiger partial charge on any atom is 0.191 e. The largest absolute Gasteiger partial charge is 0.497 e. The summed E-state index contributed by atoms with van der Waals surface area (Å²) in [5, 5.41) is 6.55. The summed E-state index contributed by atoms with van der Waals surface area (Å²) in [4.78, 5) is 6.77. The number of guanidine groups is 1. The van der Waals surface area contributed by atoms with Gasteiger partial charge >= 0.3 is 0 Å². The number of likely N-dealkylation sites (N-methyl/N-ethyl adjacent to an activating group) is 1. The molecule has 156 valence electrons. The van der Waals surface area contributed by atoms with Crippen LogP contribution in [0.1, 0.15) is 18.7 Å². The number of furan rings is 1. The number of rotatable bonds is 10. The topological polar surface area (TPSA) is 71.3 Å². The lowest BCUT2D eigenvalue weighted by Crippen LogP contribution is -2.40. The van der Waals surface area contributed by atoms with Gasteiger partial charge in [0.2, 0.25) is 0 Å². The van der Waals surface area contributed by atoms with Gasteiger partial charge in [0, 0.05) is 6.54 Å². The Labute approximate surface area is 184 Å². The lowest BCUT2D eigenvalue weighted by atomic mass is 10.2. The van der Waals surface area contributed by atoms with Gasteiger partial charge in [0.15, 0.2) is 5.96 Å². The number of halogens is 1. The molecule has 8 heteroatoms. The van der Waals surface area contributed by atoms with Crippen molar-refractivity contribution < 1.29 is 13.9 Å². The van der Waals surface area contributed by atoms with Crippen molar-refractivity contribution >= 4 is 29.9 Å². The van der Waals surface area contributed by atoms with E-state index in [1.807, 2.05) is 57.4 Å². The molecule has 1 heterocycles. The van der Waals surface area contributed by atoms with E-state index in [2.05, 4.69) is 20.5 Å². The number of nitrogens with zero attached hydrogens (tertiary/aromatic N) is 2. The fraction of sp³-hybridized carbons (Fsp3) is 0.450. The molecule has 0 saturated carbocycles. The van der Waals surface area contributed by atoms with Gasteiger partial charge in [0.25, 0.3) is 0 Å². The Hall–Kier alpha value is -1.94. The minimum absolute atomic E-state index is 0. The van der Waals surface area contributed by atoms with Crippen molar-refractivity contribution in [1.82, 2.24) is 15.5 Å². The summed E-state index contributed by atoms with van der Waals surface area (Å²) in [6, 6.07) is 11.5. The van der Waals surface area contributed by atoms with E-state index in [1.165, 1.54) is 0 Å². The highest BCUT2D eigenvalue weighted by Gasteiger charge is 2.16. The van der Waals surface area contributed by atoms with Crippen molar-refractivity contribution in [3.05, 3.63) is 48.4 Å². The molecule has 0 amide bonds. The van der Waals surface area contributed by atoms with Gasteiger partial charge in [-0.3, -0.25) is 9.89 Å². The second-order valence-electron chi connectivity index (χ2n) is 6.17. The van der Waals surface area contributed by atoms with Crippen LogP contribution in [-0.4, -0.2) is 58.3 Å². The number of methoxy groups -OCH3 is 1. The molecule has 0 aliphatic rings. The first-order chi connectivity index (χ1) is 13.1. The number of benzene rings is 1. The van der Waals surface area contributed by atoms with Crippen LogP contribution < -0.4 is 20.1 Å². The molecule has 0 radical (unpaired) electrons. The molecule has 1 atom stereocenters. The van der Waals surface area contributed by atoms with Gasteiger partial charge in [-0.2, -0.15) is 0 Å². The number of ether oxygens (including phenoxy) is 2. The summed E-state index contributed by atoms with van der Waals surface area (Å²) in [6.07, 6.45) is 1.69. The van der Waals surface area contributed by atoms with E-state index in [0.29, 0.717) is 19.7 Å². The molecule has 28 heavy (non-hydrogen) atoms. The Morgan fingerprint density at radius 2 is 1.86 bits per heavy atom. The van der Waals surface area contributed by atoms with E-state index in [0.717, 1.165) is 29.8 Å². The molecule has 0 fully saturated rings. The molecule has 7 nitrogen and oxygen atoms in total. The highest BCUT2D eigenvalue weighted by molar-refractivity contribution is 14.0. The molecule has 2 aromatic rings. The van der Waals surface area contributed by atoms with Gasteiger partial charge in [-0.1, -0.05) is 0 Å². The molecule has 0 aliphatic carbocycles. The third kappa shape index (κ3) is 7.97. The van der Waals surface area contributed by atoms with E-state index in [4.69, 9.17) is 13.9 Å². The third-order valence-electron chi connectivity index (χ3n) is 3.98. The van der Waals surface area contributed by atoms with Crippen molar-refractivity contribution in [1.29, 1.82) is 0 Å². The van der Waals surface area contributed by atoms with Crippen LogP contribution in [-0.2, 0) is 0 Å². The molecule has 1 aromatic carbocycles. The lowest BCUT2D eigenvalue weighted by molar-refractivity contribution is 0.264. The van der Waals surface area contributed by atoms with E-state index in [9.17, 15) is 0 Å². The average molecular weight is 502 g/mol. The van der Waals surface area contributed by atoms with E-state index in [-0.39, 0.29) is 30.0 Å². The number of aliphatic imine (C=N–C) groups is 1. The molecule has 1 unspecified atom stereocenters. The van der Waals surface area contributed by atoms with Crippen LogP contribution in [0.4, 0.5) is 0 Å². The van der Waals surface area contributed by atoms with Gasteiger partial charge in [-0.15, -0.1) is 24.0 Å². The van der Waals surface area contributed by atoms with E-state index >= 15 is 0 Å². The predicted molar refractivity (Wildman–Crippen MR) is 123 cm³/mol. The normalized spacial score (nSPS) is 12.2. The van der Waals surface area contributed by atoms with Crippen LogP contribution in [0.25, 0.3) is 0 Å². The maximum atomic E-state index is 5.73. The Bertz CT molecular complexity index is 675. The molecule has 1 aromatic heterocycles. The minimum atomic E-state index is 0. The minimum Gasteiger partial charge on any atom is -0.497 e. The van der Waals surface area contributed by atoms with Crippen molar-refractivity contribution in [2.75, 3.05) is 47.4 Å². The van der Waals surface area contributed by atoms with Crippen LogP contribution >= 0.6 is 24.0 Å². The van der Waals surface area contributed by atoms with Crippen molar-refractivity contribution in [3.63, 3.8) is 0 Å². The van der Waals surface area contributed by atoms with Gasteiger partial charge in [0.1, 0.15) is 23.9 Å². The average Bonchev–Trinajstić information content (AvgIpc) is 3.19. The zero-order valence-corrected chi connectivity index (χ0v) is 19.3. The lowest BCUT2D eigenvalue weighted by Gasteiger charge is -2.21. The summed E-state index contributed by atoms with van der Waals surface area (Å²) < 4.78 is 16.4. The van der Waals surface area contributed by atoms with Gasteiger partial charge in [0.05, 0.1) is 32.5 Å². The second-order valence-corrected chi connectivity index (χ2v) is 6.17. The van der Waals surface area contributed by atoms with Crippen LogP contribution in [0.2, 0.25) is 0 Å². The highest BCUT2D eigenvalue weighted by Crippen LogP contribution is 2.19. The molecule has 0 spiro atoms. The molecule has 2 N–H and O–H groups in total. The number of hydrogen-bond acceptors (Lipinski definition) is 5. The quantitative estimate of drug-likeness (QED) is 0.225. The van der Waals surface area contributed by atoms with Gasteiger partial charge in [-0.05, 0) is 57.4 Å². The predicted octanol–water partition coefficient (Wildman–Crippen LogP) is 3.14. The van der Waals surface area contributed by atoms with Crippen molar-refractivity contribution in [2.24, 2.45) is 4.99 Å². The molecule has 0 saturated heterocycles. The molecular weight excluding hydrogens is 471 g/mol.